The molecule has 8 nitrogen and oxygen atoms in total. The summed E-state index contributed by atoms with van der Waals surface area (Å²) in [5.41, 5.74) is 4.87. The third-order valence-electron chi connectivity index (χ3n) is 2.74. The Morgan fingerprint density at radius 1 is 1.50 bits per heavy atom. The third-order valence-corrected chi connectivity index (χ3v) is 2.74. The van der Waals surface area contributed by atoms with Gasteiger partial charge >= 0.3 is 12.0 Å². The quantitative estimate of drug-likeness (QED) is 0.593. The van der Waals surface area contributed by atoms with E-state index in [1.54, 1.807) is 11.8 Å². The number of urea groups is 1. The van der Waals surface area contributed by atoms with E-state index in [1.807, 2.05) is 5.32 Å². The van der Waals surface area contributed by atoms with Crippen LogP contribution in [-0.4, -0.2) is 61.8 Å². The van der Waals surface area contributed by atoms with Gasteiger partial charge in [-0.1, -0.05) is 0 Å². The number of rotatable bonds is 3. The van der Waals surface area contributed by atoms with Crippen molar-refractivity contribution in [1.82, 2.24) is 10.2 Å². The zero-order valence-electron chi connectivity index (χ0n) is 10.3. The number of carbonyl (C=O) groups is 3. The van der Waals surface area contributed by atoms with E-state index >= 15 is 0 Å². The van der Waals surface area contributed by atoms with Gasteiger partial charge in [0.25, 0.3) is 0 Å². The lowest BCUT2D eigenvalue weighted by atomic mass is 10.2. The van der Waals surface area contributed by atoms with Crippen LogP contribution < -0.4 is 11.1 Å². The highest BCUT2D eigenvalue weighted by atomic mass is 16.6. The average Bonchev–Trinajstić information content (AvgIpc) is 2.36. The van der Waals surface area contributed by atoms with Crippen LogP contribution in [0.1, 0.15) is 6.92 Å². The first-order chi connectivity index (χ1) is 8.45. The lowest BCUT2D eigenvalue weighted by molar-refractivity contribution is -0.161. The molecule has 0 aromatic rings. The van der Waals surface area contributed by atoms with Crippen LogP contribution in [0.15, 0.2) is 0 Å². The maximum Gasteiger partial charge on any atom is 0.336 e. The van der Waals surface area contributed by atoms with E-state index in [0.29, 0.717) is 13.2 Å². The molecule has 2 atom stereocenters. The Hall–Kier alpha value is -1.67. The number of nitrogens with two attached hydrogens (primary N) is 1. The largest absolute Gasteiger partial charge is 0.467 e. The fourth-order valence-corrected chi connectivity index (χ4v) is 1.69. The number of nitrogens with zero attached hydrogens (tertiary/aromatic N) is 1. The van der Waals surface area contributed by atoms with Crippen LogP contribution in [0.2, 0.25) is 0 Å². The number of carbonyl (C=O) groups excluding carboxylic acids is 3. The Balaban J connectivity index is 2.57. The zero-order chi connectivity index (χ0) is 13.7. The number of esters is 1. The number of hydrogen-bond donors (Lipinski definition) is 2. The molecular weight excluding hydrogens is 242 g/mol. The van der Waals surface area contributed by atoms with Gasteiger partial charge < -0.3 is 15.2 Å². The highest BCUT2D eigenvalue weighted by Gasteiger charge is 2.32. The SMILES string of the molecule is COC(=O)C1CN(C(C)C(=O)NC(N)=O)CCO1. The maximum absolute atomic E-state index is 11.6. The molecular formula is C10H17N3O5. The van der Waals surface area contributed by atoms with Gasteiger partial charge in [0.1, 0.15) is 0 Å². The van der Waals surface area contributed by atoms with Crippen molar-refractivity contribution in [2.75, 3.05) is 26.8 Å². The van der Waals surface area contributed by atoms with Crippen LogP contribution in [0.5, 0.6) is 0 Å². The topological polar surface area (TPSA) is 111 Å². The van der Waals surface area contributed by atoms with Crippen molar-refractivity contribution in [3.8, 4) is 0 Å². The van der Waals surface area contributed by atoms with Crippen molar-refractivity contribution in [2.45, 2.75) is 19.1 Å². The van der Waals surface area contributed by atoms with Crippen molar-refractivity contribution in [3.63, 3.8) is 0 Å². The van der Waals surface area contributed by atoms with Crippen molar-refractivity contribution in [3.05, 3.63) is 0 Å². The molecule has 1 aliphatic rings. The minimum absolute atomic E-state index is 0.236. The lowest BCUT2D eigenvalue weighted by Crippen LogP contribution is -2.55. The van der Waals surface area contributed by atoms with Gasteiger partial charge in [-0.3, -0.25) is 15.0 Å². The molecule has 0 spiro atoms. The smallest absolute Gasteiger partial charge is 0.336 e. The monoisotopic (exact) mass is 259 g/mol. The molecule has 3 N–H and O–H groups in total. The molecule has 0 aliphatic carbocycles. The molecule has 2 unspecified atom stereocenters. The van der Waals surface area contributed by atoms with Gasteiger partial charge in [0.15, 0.2) is 6.10 Å². The number of primary amides is 1. The third kappa shape index (κ3) is 3.67. The van der Waals surface area contributed by atoms with Gasteiger partial charge in [-0.15, -0.1) is 0 Å². The molecule has 1 fully saturated rings. The maximum atomic E-state index is 11.6. The molecule has 1 rings (SSSR count). The van der Waals surface area contributed by atoms with E-state index in [4.69, 9.17) is 10.5 Å². The summed E-state index contributed by atoms with van der Waals surface area (Å²) >= 11 is 0. The summed E-state index contributed by atoms with van der Waals surface area (Å²) in [6.45, 7) is 2.66. The second kappa shape index (κ2) is 6.31. The Morgan fingerprint density at radius 2 is 2.17 bits per heavy atom. The molecule has 18 heavy (non-hydrogen) atoms. The highest BCUT2D eigenvalue weighted by Crippen LogP contribution is 2.10. The Kier molecular flexibility index (Phi) is 5.05. The molecule has 8 heteroatoms. The minimum atomic E-state index is -0.898. The number of morpholine rings is 1. The Labute approximate surface area is 104 Å². The second-order valence-electron chi connectivity index (χ2n) is 3.91. The minimum Gasteiger partial charge on any atom is -0.467 e. The predicted molar refractivity (Wildman–Crippen MR) is 60.5 cm³/mol. The van der Waals surface area contributed by atoms with Crippen molar-refractivity contribution < 1.29 is 23.9 Å². The van der Waals surface area contributed by atoms with E-state index in [2.05, 4.69) is 4.74 Å². The second-order valence-corrected chi connectivity index (χ2v) is 3.91. The van der Waals surface area contributed by atoms with Gasteiger partial charge in [0, 0.05) is 13.1 Å². The normalized spacial score (nSPS) is 22.0. The van der Waals surface area contributed by atoms with Crippen LogP contribution in [0.4, 0.5) is 4.79 Å². The number of hydrogen-bond acceptors (Lipinski definition) is 6. The highest BCUT2D eigenvalue weighted by molar-refractivity contribution is 5.96. The fourth-order valence-electron chi connectivity index (χ4n) is 1.69. The molecule has 1 saturated heterocycles. The van der Waals surface area contributed by atoms with Crippen molar-refractivity contribution >= 4 is 17.9 Å². The first kappa shape index (κ1) is 14.4. The molecule has 0 bridgehead atoms. The number of methoxy groups -OCH3 is 1. The summed E-state index contributed by atoms with van der Waals surface area (Å²) in [5, 5.41) is 2.00. The van der Waals surface area contributed by atoms with E-state index < -0.39 is 30.1 Å². The van der Waals surface area contributed by atoms with Gasteiger partial charge in [-0.2, -0.15) is 0 Å². The van der Waals surface area contributed by atoms with Gasteiger partial charge in [-0.05, 0) is 6.92 Å². The summed E-state index contributed by atoms with van der Waals surface area (Å²) in [5.74, 6) is -0.991. The predicted octanol–water partition coefficient (Wildman–Crippen LogP) is -1.56. The molecule has 0 saturated carbocycles. The summed E-state index contributed by atoms with van der Waals surface area (Å²) < 4.78 is 9.81. The van der Waals surface area contributed by atoms with Crippen LogP contribution >= 0.6 is 0 Å². The van der Waals surface area contributed by atoms with E-state index in [0.717, 1.165) is 0 Å². The summed E-state index contributed by atoms with van der Waals surface area (Å²) in [7, 11) is 1.27. The fraction of sp³-hybridized carbons (Fsp3) is 0.700. The summed E-state index contributed by atoms with van der Waals surface area (Å²) in [6.07, 6.45) is -0.715. The van der Waals surface area contributed by atoms with E-state index in [-0.39, 0.29) is 6.54 Å². The molecule has 0 aromatic carbocycles. The standard InChI is InChI=1S/C10H17N3O5/c1-6(8(14)12-10(11)16)13-3-4-18-7(5-13)9(15)17-2/h6-7H,3-5H2,1-2H3,(H3,11,12,14,16). The Morgan fingerprint density at radius 3 is 2.72 bits per heavy atom. The van der Waals surface area contributed by atoms with Gasteiger partial charge in [-0.25, -0.2) is 9.59 Å². The number of nitrogens with one attached hydrogen (secondary N) is 1. The zero-order valence-corrected chi connectivity index (χ0v) is 10.3. The molecule has 102 valence electrons. The molecule has 0 aromatic heterocycles. The van der Waals surface area contributed by atoms with Crippen LogP contribution in [0, 0.1) is 0 Å². The summed E-state index contributed by atoms with van der Waals surface area (Å²) in [4.78, 5) is 35.2. The molecule has 1 aliphatic heterocycles. The van der Waals surface area contributed by atoms with Crippen molar-refractivity contribution in [2.24, 2.45) is 5.73 Å². The Bertz CT molecular complexity index is 346. The van der Waals surface area contributed by atoms with Gasteiger partial charge in [0.2, 0.25) is 5.91 Å². The number of ether oxygens (including phenoxy) is 2. The average molecular weight is 259 g/mol. The molecule has 0 radical (unpaired) electrons. The lowest BCUT2D eigenvalue weighted by Gasteiger charge is -2.34. The van der Waals surface area contributed by atoms with Crippen LogP contribution in [-0.2, 0) is 19.1 Å². The van der Waals surface area contributed by atoms with Gasteiger partial charge in [0.05, 0.1) is 19.8 Å². The van der Waals surface area contributed by atoms with Crippen LogP contribution in [0.3, 0.4) is 0 Å². The number of imide groups is 1. The number of amides is 3. The van der Waals surface area contributed by atoms with Crippen LogP contribution in [0.25, 0.3) is 0 Å². The first-order valence-corrected chi connectivity index (χ1v) is 5.49. The summed E-state index contributed by atoms with van der Waals surface area (Å²) in [6, 6.07) is -1.47. The molecule has 1 heterocycles. The molecule has 3 amide bonds. The first-order valence-electron chi connectivity index (χ1n) is 5.49. The van der Waals surface area contributed by atoms with E-state index in [9.17, 15) is 14.4 Å². The van der Waals surface area contributed by atoms with E-state index in [1.165, 1.54) is 7.11 Å². The van der Waals surface area contributed by atoms with Crippen molar-refractivity contribution in [1.29, 1.82) is 0 Å².